The van der Waals surface area contributed by atoms with Crippen molar-refractivity contribution in [1.82, 2.24) is 0 Å². The SMILES string of the molecule is CS(=O)(=O)c1ccc(C(=O)C(C(=O)O)c2ccc(Cl)cc2)cc1. The van der Waals surface area contributed by atoms with Gasteiger partial charge in [0.1, 0.15) is 5.92 Å². The molecule has 0 aliphatic rings. The monoisotopic (exact) mass is 352 g/mol. The van der Waals surface area contributed by atoms with Crippen LogP contribution in [-0.4, -0.2) is 31.5 Å². The maximum Gasteiger partial charge on any atom is 0.318 e. The van der Waals surface area contributed by atoms with Crippen molar-refractivity contribution in [3.05, 3.63) is 64.7 Å². The molecule has 1 atom stereocenters. The molecule has 0 spiro atoms. The number of halogens is 1. The minimum absolute atomic E-state index is 0.0624. The van der Waals surface area contributed by atoms with Gasteiger partial charge in [-0.05, 0) is 29.8 Å². The van der Waals surface area contributed by atoms with Crippen LogP contribution in [0.4, 0.5) is 0 Å². The predicted molar refractivity (Wildman–Crippen MR) is 85.7 cm³/mol. The van der Waals surface area contributed by atoms with E-state index in [1.54, 1.807) is 0 Å². The molecule has 0 saturated heterocycles. The highest BCUT2D eigenvalue weighted by atomic mass is 35.5. The zero-order valence-electron chi connectivity index (χ0n) is 12.1. The molecule has 23 heavy (non-hydrogen) atoms. The predicted octanol–water partition coefficient (Wildman–Crippen LogP) is 2.79. The molecule has 2 rings (SSSR count). The minimum Gasteiger partial charge on any atom is -0.480 e. The Balaban J connectivity index is 2.39. The Morgan fingerprint density at radius 2 is 1.52 bits per heavy atom. The van der Waals surface area contributed by atoms with Crippen molar-refractivity contribution in [3.8, 4) is 0 Å². The van der Waals surface area contributed by atoms with Gasteiger partial charge >= 0.3 is 5.97 Å². The van der Waals surface area contributed by atoms with E-state index in [1.807, 2.05) is 0 Å². The number of hydrogen-bond donors (Lipinski definition) is 1. The molecule has 0 radical (unpaired) electrons. The lowest BCUT2D eigenvalue weighted by molar-refractivity contribution is -0.137. The second kappa shape index (κ2) is 6.52. The third-order valence-corrected chi connectivity index (χ3v) is 4.66. The van der Waals surface area contributed by atoms with Crippen LogP contribution in [0.15, 0.2) is 53.4 Å². The molecule has 2 aromatic carbocycles. The highest BCUT2D eigenvalue weighted by Crippen LogP contribution is 2.24. The van der Waals surface area contributed by atoms with Crippen molar-refractivity contribution in [2.45, 2.75) is 10.8 Å². The van der Waals surface area contributed by atoms with E-state index in [4.69, 9.17) is 11.6 Å². The third kappa shape index (κ3) is 3.97. The zero-order valence-corrected chi connectivity index (χ0v) is 13.6. The smallest absolute Gasteiger partial charge is 0.318 e. The lowest BCUT2D eigenvalue weighted by atomic mass is 9.91. The van der Waals surface area contributed by atoms with Crippen LogP contribution in [-0.2, 0) is 14.6 Å². The normalized spacial score (nSPS) is 12.6. The summed E-state index contributed by atoms with van der Waals surface area (Å²) in [5, 5.41) is 9.80. The van der Waals surface area contributed by atoms with E-state index in [-0.39, 0.29) is 10.5 Å². The fourth-order valence-electron chi connectivity index (χ4n) is 2.09. The maximum atomic E-state index is 12.5. The first-order valence-electron chi connectivity index (χ1n) is 6.53. The van der Waals surface area contributed by atoms with Gasteiger partial charge in [0.15, 0.2) is 15.6 Å². The number of aliphatic carboxylic acids is 1. The molecule has 0 bridgehead atoms. The Morgan fingerprint density at radius 3 is 1.96 bits per heavy atom. The number of hydrogen-bond acceptors (Lipinski definition) is 4. The molecule has 7 heteroatoms. The summed E-state index contributed by atoms with van der Waals surface area (Å²) in [4.78, 5) is 24.0. The quantitative estimate of drug-likeness (QED) is 0.660. The van der Waals surface area contributed by atoms with Gasteiger partial charge in [-0.25, -0.2) is 8.42 Å². The van der Waals surface area contributed by atoms with Crippen LogP contribution in [0.5, 0.6) is 0 Å². The molecule has 0 aromatic heterocycles. The summed E-state index contributed by atoms with van der Waals surface area (Å²) in [5.41, 5.74) is 0.429. The van der Waals surface area contributed by atoms with Crippen LogP contribution in [0.3, 0.4) is 0 Å². The summed E-state index contributed by atoms with van der Waals surface area (Å²) in [6.45, 7) is 0. The number of carboxylic acids is 1. The van der Waals surface area contributed by atoms with Gasteiger partial charge in [-0.15, -0.1) is 0 Å². The van der Waals surface area contributed by atoms with Gasteiger partial charge in [0.05, 0.1) is 4.90 Å². The molecule has 2 aromatic rings. The summed E-state index contributed by atoms with van der Waals surface area (Å²) >= 11 is 5.76. The van der Waals surface area contributed by atoms with Crippen molar-refractivity contribution in [1.29, 1.82) is 0 Å². The maximum absolute atomic E-state index is 12.5. The fraction of sp³-hybridized carbons (Fsp3) is 0.125. The van der Waals surface area contributed by atoms with Gasteiger partial charge in [-0.2, -0.15) is 0 Å². The summed E-state index contributed by atoms with van der Waals surface area (Å²) in [6.07, 6.45) is 1.05. The molecule has 0 saturated carbocycles. The van der Waals surface area contributed by atoms with Gasteiger partial charge in [-0.1, -0.05) is 35.9 Å². The number of ketones is 1. The van der Waals surface area contributed by atoms with Crippen molar-refractivity contribution in [2.75, 3.05) is 6.26 Å². The number of Topliss-reactive ketones (excluding diaryl/α,β-unsaturated/α-hetero) is 1. The number of rotatable bonds is 5. The lowest BCUT2D eigenvalue weighted by Crippen LogP contribution is -2.21. The van der Waals surface area contributed by atoms with E-state index in [2.05, 4.69) is 0 Å². The molecule has 0 heterocycles. The molecule has 1 N–H and O–H groups in total. The van der Waals surface area contributed by atoms with Crippen molar-refractivity contribution >= 4 is 33.2 Å². The number of carbonyl (C=O) groups is 2. The second-order valence-corrected chi connectivity index (χ2v) is 7.44. The Hall–Kier alpha value is -2.18. The highest BCUT2D eigenvalue weighted by molar-refractivity contribution is 7.90. The van der Waals surface area contributed by atoms with Crippen molar-refractivity contribution in [3.63, 3.8) is 0 Å². The highest BCUT2D eigenvalue weighted by Gasteiger charge is 2.29. The van der Waals surface area contributed by atoms with Gasteiger partial charge in [0, 0.05) is 16.8 Å². The number of carboxylic acid groups (broad SMARTS) is 1. The Bertz CT molecular complexity index is 839. The average Bonchev–Trinajstić information content (AvgIpc) is 2.48. The largest absolute Gasteiger partial charge is 0.480 e. The molecule has 120 valence electrons. The minimum atomic E-state index is -3.38. The molecular formula is C16H13ClO5S. The van der Waals surface area contributed by atoms with Crippen LogP contribution in [0, 0.1) is 0 Å². The third-order valence-electron chi connectivity index (χ3n) is 3.28. The molecule has 0 amide bonds. The van der Waals surface area contributed by atoms with Crippen molar-refractivity contribution in [2.24, 2.45) is 0 Å². The molecular weight excluding hydrogens is 340 g/mol. The topological polar surface area (TPSA) is 88.5 Å². The van der Waals surface area contributed by atoms with Gasteiger partial charge in [0.25, 0.3) is 0 Å². The summed E-state index contributed by atoms with van der Waals surface area (Å²) in [7, 11) is -3.38. The fourth-order valence-corrected chi connectivity index (χ4v) is 2.85. The van der Waals surface area contributed by atoms with Gasteiger partial charge in [0.2, 0.25) is 0 Å². The van der Waals surface area contributed by atoms with E-state index in [0.29, 0.717) is 10.6 Å². The number of sulfone groups is 1. The van der Waals surface area contributed by atoms with E-state index in [1.165, 1.54) is 48.5 Å². The standard InChI is InChI=1S/C16H13ClO5S/c1-23(21,22)13-8-4-11(5-9-13)15(18)14(16(19)20)10-2-6-12(17)7-3-10/h2-9,14H,1H3,(H,19,20). The average molecular weight is 353 g/mol. The zero-order chi connectivity index (χ0) is 17.2. The van der Waals surface area contributed by atoms with Crippen LogP contribution in [0.2, 0.25) is 5.02 Å². The molecule has 0 aliphatic carbocycles. The lowest BCUT2D eigenvalue weighted by Gasteiger charge is -2.12. The first-order chi connectivity index (χ1) is 10.7. The van der Waals surface area contributed by atoms with E-state index >= 15 is 0 Å². The summed E-state index contributed by atoms with van der Waals surface area (Å²) in [6, 6.07) is 11.1. The van der Waals surface area contributed by atoms with Gasteiger partial charge < -0.3 is 5.11 Å². The second-order valence-electron chi connectivity index (χ2n) is 4.98. The molecule has 1 unspecified atom stereocenters. The Kier molecular flexibility index (Phi) is 4.87. The van der Waals surface area contributed by atoms with Crippen molar-refractivity contribution < 1.29 is 23.1 Å². The Labute approximate surface area is 138 Å². The number of carbonyl (C=O) groups excluding carboxylic acids is 1. The van der Waals surface area contributed by atoms with Crippen LogP contribution >= 0.6 is 11.6 Å². The first kappa shape index (κ1) is 17.2. The Morgan fingerprint density at radius 1 is 1.00 bits per heavy atom. The molecule has 0 fully saturated rings. The first-order valence-corrected chi connectivity index (χ1v) is 8.79. The summed E-state index contributed by atoms with van der Waals surface area (Å²) in [5.74, 6) is -3.29. The van der Waals surface area contributed by atoms with E-state index < -0.39 is 27.5 Å². The van der Waals surface area contributed by atoms with Crippen LogP contribution < -0.4 is 0 Å². The summed E-state index contributed by atoms with van der Waals surface area (Å²) < 4.78 is 22.8. The molecule has 0 aliphatic heterocycles. The number of benzene rings is 2. The molecule has 5 nitrogen and oxygen atoms in total. The van der Waals surface area contributed by atoms with Crippen LogP contribution in [0.1, 0.15) is 21.8 Å². The van der Waals surface area contributed by atoms with E-state index in [9.17, 15) is 23.1 Å². The van der Waals surface area contributed by atoms with E-state index in [0.717, 1.165) is 6.26 Å². The van der Waals surface area contributed by atoms with Gasteiger partial charge in [-0.3, -0.25) is 9.59 Å². The van der Waals surface area contributed by atoms with Crippen LogP contribution in [0.25, 0.3) is 0 Å².